The predicted molar refractivity (Wildman–Crippen MR) is 119 cm³/mol. The number of esters is 1. The molecule has 2 fully saturated rings. The molecule has 1 aliphatic heterocycles. The van der Waals surface area contributed by atoms with Crippen LogP contribution in [0.1, 0.15) is 48.2 Å². The lowest BCUT2D eigenvalue weighted by molar-refractivity contribution is -0.125. The lowest BCUT2D eigenvalue weighted by atomic mass is 9.79. The minimum absolute atomic E-state index is 0.0645. The Balaban J connectivity index is 1.35. The van der Waals surface area contributed by atoms with Gasteiger partial charge in [0.2, 0.25) is 5.76 Å². The quantitative estimate of drug-likeness (QED) is 0.686. The lowest BCUT2D eigenvalue weighted by Gasteiger charge is -2.48. The van der Waals surface area contributed by atoms with E-state index in [0.717, 1.165) is 50.4 Å². The van der Waals surface area contributed by atoms with Crippen LogP contribution in [0.5, 0.6) is 0 Å². The Labute approximate surface area is 186 Å². The van der Waals surface area contributed by atoms with Gasteiger partial charge in [-0.1, -0.05) is 30.9 Å². The number of nitrogens with one attached hydrogen (secondary N) is 1. The average Bonchev–Trinajstić information content (AvgIpc) is 2.82. The van der Waals surface area contributed by atoms with Gasteiger partial charge < -0.3 is 19.2 Å². The molecular weight excluding hydrogens is 412 g/mol. The van der Waals surface area contributed by atoms with Gasteiger partial charge in [-0.25, -0.2) is 4.79 Å². The van der Waals surface area contributed by atoms with Gasteiger partial charge in [-0.05, 0) is 31.9 Å². The Morgan fingerprint density at radius 2 is 1.88 bits per heavy atom. The van der Waals surface area contributed by atoms with Gasteiger partial charge in [-0.2, -0.15) is 0 Å². The molecule has 2 aliphatic rings. The highest BCUT2D eigenvalue weighted by Crippen LogP contribution is 2.33. The molecule has 8 heteroatoms. The fraction of sp³-hybridized carbons (Fsp3) is 0.542. The SMILES string of the molecule is Cc1ccc2oc(C(=O)OCC(=O)NCC3(N4CCOCC4)CCCCC3)cc(=O)c2c1. The third-order valence-corrected chi connectivity index (χ3v) is 6.50. The Hall–Kier alpha value is -2.71. The van der Waals surface area contributed by atoms with Crippen molar-refractivity contribution in [2.45, 2.75) is 44.6 Å². The van der Waals surface area contributed by atoms with Crippen LogP contribution in [0.15, 0.2) is 33.5 Å². The lowest BCUT2D eigenvalue weighted by Crippen LogP contribution is -2.59. The Morgan fingerprint density at radius 1 is 1.12 bits per heavy atom. The first kappa shape index (κ1) is 22.5. The van der Waals surface area contributed by atoms with E-state index in [0.29, 0.717) is 30.7 Å². The van der Waals surface area contributed by atoms with E-state index in [4.69, 9.17) is 13.9 Å². The molecule has 172 valence electrons. The highest BCUT2D eigenvalue weighted by atomic mass is 16.5. The smallest absolute Gasteiger partial charge is 0.374 e. The van der Waals surface area contributed by atoms with Crippen LogP contribution in [-0.2, 0) is 14.3 Å². The summed E-state index contributed by atoms with van der Waals surface area (Å²) in [6, 6.07) is 6.25. The standard InChI is InChI=1S/C24H30N2O6/c1-17-5-6-20-18(13-17)19(27)14-21(32-20)23(29)31-15-22(28)25-16-24(7-3-2-4-8-24)26-9-11-30-12-10-26/h5-6,13-14H,2-4,7-12,15-16H2,1H3,(H,25,28). The maximum atomic E-state index is 12.4. The molecule has 0 bridgehead atoms. The molecular formula is C24H30N2O6. The van der Waals surface area contributed by atoms with Crippen LogP contribution < -0.4 is 10.7 Å². The molecule has 4 rings (SSSR count). The van der Waals surface area contributed by atoms with E-state index in [1.165, 1.54) is 6.42 Å². The number of benzene rings is 1. The van der Waals surface area contributed by atoms with E-state index in [2.05, 4.69) is 10.2 Å². The van der Waals surface area contributed by atoms with E-state index >= 15 is 0 Å². The average molecular weight is 443 g/mol. The van der Waals surface area contributed by atoms with Crippen molar-refractivity contribution in [3.63, 3.8) is 0 Å². The summed E-state index contributed by atoms with van der Waals surface area (Å²) >= 11 is 0. The third kappa shape index (κ3) is 5.02. The number of morpholine rings is 1. The first-order chi connectivity index (χ1) is 15.5. The molecule has 1 N–H and O–H groups in total. The summed E-state index contributed by atoms with van der Waals surface area (Å²) in [6.07, 6.45) is 5.57. The molecule has 0 spiro atoms. The van der Waals surface area contributed by atoms with Gasteiger partial charge in [0, 0.05) is 31.2 Å². The maximum Gasteiger partial charge on any atom is 0.374 e. The maximum absolute atomic E-state index is 12.4. The van der Waals surface area contributed by atoms with Gasteiger partial charge in [-0.15, -0.1) is 0 Å². The van der Waals surface area contributed by atoms with Crippen molar-refractivity contribution in [3.8, 4) is 0 Å². The minimum atomic E-state index is -0.833. The number of aryl methyl sites for hydroxylation is 1. The van der Waals surface area contributed by atoms with Crippen molar-refractivity contribution in [1.29, 1.82) is 0 Å². The van der Waals surface area contributed by atoms with Gasteiger partial charge in [0.25, 0.3) is 5.91 Å². The fourth-order valence-corrected chi connectivity index (χ4v) is 4.74. The van der Waals surface area contributed by atoms with Crippen LogP contribution in [0, 0.1) is 6.92 Å². The van der Waals surface area contributed by atoms with Crippen molar-refractivity contribution in [1.82, 2.24) is 10.2 Å². The summed E-state index contributed by atoms with van der Waals surface area (Å²) < 4.78 is 16.1. The molecule has 1 saturated heterocycles. The van der Waals surface area contributed by atoms with Crippen LogP contribution in [0.2, 0.25) is 0 Å². The Kier molecular flexibility index (Phi) is 6.91. The van der Waals surface area contributed by atoms with Gasteiger partial charge in [0.05, 0.1) is 18.6 Å². The molecule has 1 aromatic heterocycles. The number of hydrogen-bond acceptors (Lipinski definition) is 7. The monoisotopic (exact) mass is 442 g/mol. The number of ether oxygens (including phenoxy) is 2. The van der Waals surface area contributed by atoms with Gasteiger partial charge in [0.1, 0.15) is 5.58 Å². The Morgan fingerprint density at radius 3 is 2.62 bits per heavy atom. The van der Waals surface area contributed by atoms with Gasteiger partial charge in [0.15, 0.2) is 12.0 Å². The number of fused-ring (bicyclic) bond motifs is 1. The summed E-state index contributed by atoms with van der Waals surface area (Å²) in [4.78, 5) is 39.5. The number of hydrogen-bond donors (Lipinski definition) is 1. The second-order valence-electron chi connectivity index (χ2n) is 8.71. The third-order valence-electron chi connectivity index (χ3n) is 6.50. The van der Waals surface area contributed by atoms with Gasteiger partial charge >= 0.3 is 5.97 Å². The zero-order valence-electron chi connectivity index (χ0n) is 18.5. The van der Waals surface area contributed by atoms with E-state index < -0.39 is 12.6 Å². The van der Waals surface area contributed by atoms with Crippen molar-refractivity contribution in [2.24, 2.45) is 0 Å². The van der Waals surface area contributed by atoms with E-state index in [9.17, 15) is 14.4 Å². The molecule has 0 atom stereocenters. The highest BCUT2D eigenvalue weighted by Gasteiger charge is 2.38. The van der Waals surface area contributed by atoms with Crippen molar-refractivity contribution >= 4 is 22.8 Å². The first-order valence-corrected chi connectivity index (χ1v) is 11.3. The molecule has 1 amide bonds. The number of carbonyl (C=O) groups excluding carboxylic acids is 2. The Bertz CT molecular complexity index is 1030. The number of carbonyl (C=O) groups is 2. The summed E-state index contributed by atoms with van der Waals surface area (Å²) in [6.45, 7) is 5.13. The van der Waals surface area contributed by atoms with E-state index in [1.807, 2.05) is 6.92 Å². The molecule has 0 radical (unpaired) electrons. The van der Waals surface area contributed by atoms with Crippen molar-refractivity contribution in [2.75, 3.05) is 39.5 Å². The van der Waals surface area contributed by atoms with Crippen LogP contribution in [-0.4, -0.2) is 61.8 Å². The molecule has 32 heavy (non-hydrogen) atoms. The van der Waals surface area contributed by atoms with Crippen molar-refractivity contribution in [3.05, 3.63) is 45.8 Å². The van der Waals surface area contributed by atoms with Gasteiger partial charge in [-0.3, -0.25) is 14.5 Å². The van der Waals surface area contributed by atoms with E-state index in [1.54, 1.807) is 18.2 Å². The number of rotatable bonds is 6. The molecule has 0 unspecified atom stereocenters. The van der Waals surface area contributed by atoms with Crippen LogP contribution in [0.25, 0.3) is 11.0 Å². The normalized spacial score (nSPS) is 18.9. The van der Waals surface area contributed by atoms with Crippen molar-refractivity contribution < 1.29 is 23.5 Å². The summed E-state index contributed by atoms with van der Waals surface area (Å²) in [5.74, 6) is -1.41. The molecule has 8 nitrogen and oxygen atoms in total. The molecule has 1 saturated carbocycles. The zero-order valence-corrected chi connectivity index (χ0v) is 18.5. The van der Waals surface area contributed by atoms with Crippen LogP contribution in [0.4, 0.5) is 0 Å². The molecule has 2 aromatic rings. The molecule has 1 aromatic carbocycles. The number of amides is 1. The zero-order chi connectivity index (χ0) is 22.6. The topological polar surface area (TPSA) is 98.1 Å². The molecule has 2 heterocycles. The minimum Gasteiger partial charge on any atom is -0.450 e. The second kappa shape index (κ2) is 9.83. The largest absolute Gasteiger partial charge is 0.450 e. The highest BCUT2D eigenvalue weighted by molar-refractivity contribution is 5.90. The van der Waals surface area contributed by atoms with Crippen LogP contribution >= 0.6 is 0 Å². The molecule has 1 aliphatic carbocycles. The summed E-state index contributed by atoms with van der Waals surface area (Å²) in [5.41, 5.74) is 0.843. The first-order valence-electron chi connectivity index (χ1n) is 11.3. The predicted octanol–water partition coefficient (Wildman–Crippen LogP) is 2.41. The van der Waals surface area contributed by atoms with E-state index in [-0.39, 0.29) is 22.6 Å². The number of nitrogens with zero attached hydrogens (tertiary/aromatic N) is 1. The summed E-state index contributed by atoms with van der Waals surface area (Å²) in [5, 5.41) is 3.36. The fourth-order valence-electron chi connectivity index (χ4n) is 4.74. The van der Waals surface area contributed by atoms with Crippen LogP contribution in [0.3, 0.4) is 0 Å². The second-order valence-corrected chi connectivity index (χ2v) is 8.71. The summed E-state index contributed by atoms with van der Waals surface area (Å²) in [7, 11) is 0.